The normalized spacial score (nSPS) is 21.2. The van der Waals surface area contributed by atoms with Crippen LogP contribution < -0.4 is 5.48 Å². The van der Waals surface area contributed by atoms with Crippen LogP contribution in [0, 0.1) is 0 Å². The van der Waals surface area contributed by atoms with Crippen molar-refractivity contribution in [2.45, 2.75) is 30.4 Å². The number of carbonyl (C=O) groups is 2. The lowest BCUT2D eigenvalue weighted by Gasteiger charge is -2.33. The molecule has 1 aliphatic heterocycles. The zero-order chi connectivity index (χ0) is 27.3. The van der Waals surface area contributed by atoms with Gasteiger partial charge in [-0.2, -0.15) is 13.2 Å². The first-order valence-corrected chi connectivity index (χ1v) is 12.0. The van der Waals surface area contributed by atoms with Crippen LogP contribution in [-0.2, 0) is 10.2 Å². The molecular formula is C27H27F3N4O4. The maximum atomic E-state index is 11.8. The maximum Gasteiger partial charge on any atom is 0.490 e. The monoisotopic (exact) mass is 528 g/mol. The number of nitrogens with zero attached hydrogens (tertiary/aromatic N) is 2. The predicted molar refractivity (Wildman–Crippen MR) is 134 cm³/mol. The molecule has 0 atom stereocenters. The Labute approximate surface area is 216 Å². The molecule has 2 aromatic carbocycles. The van der Waals surface area contributed by atoms with E-state index in [1.807, 2.05) is 12.1 Å². The number of halogens is 3. The molecule has 3 aromatic rings. The minimum atomic E-state index is -5.08. The Balaban J connectivity index is 0.000000426. The van der Waals surface area contributed by atoms with Gasteiger partial charge in [-0.3, -0.25) is 10.0 Å². The number of hydrogen-bond acceptors (Lipinski definition) is 5. The Morgan fingerprint density at radius 3 is 2.29 bits per heavy atom. The van der Waals surface area contributed by atoms with E-state index in [1.54, 1.807) is 17.6 Å². The summed E-state index contributed by atoms with van der Waals surface area (Å²) in [5, 5.41) is 16.1. The second-order valence-corrected chi connectivity index (χ2v) is 9.24. The predicted octanol–water partition coefficient (Wildman–Crippen LogP) is 4.56. The SMILES string of the molecule is O=C(NO)c1ccc2nc(C3(CN4CCCC4)C=CC(c4ccccc4)C=C3)[nH]c2c1.O=C(O)C(F)(F)F. The second kappa shape index (κ2) is 11.2. The van der Waals surface area contributed by atoms with Crippen LogP contribution in [0.4, 0.5) is 13.2 Å². The highest BCUT2D eigenvalue weighted by atomic mass is 19.4. The van der Waals surface area contributed by atoms with Crippen LogP contribution in [0.2, 0.25) is 0 Å². The molecule has 8 nitrogen and oxygen atoms in total. The van der Waals surface area contributed by atoms with Gasteiger partial charge >= 0.3 is 12.1 Å². The molecule has 0 unspecified atom stereocenters. The Kier molecular flexibility index (Phi) is 7.98. The van der Waals surface area contributed by atoms with E-state index in [2.05, 4.69) is 58.5 Å². The first-order valence-electron chi connectivity index (χ1n) is 12.0. The fraction of sp³-hybridized carbons (Fsp3) is 0.296. The van der Waals surface area contributed by atoms with Crippen molar-refractivity contribution in [2.75, 3.05) is 19.6 Å². The summed E-state index contributed by atoms with van der Waals surface area (Å²) in [7, 11) is 0. The fourth-order valence-corrected chi connectivity index (χ4v) is 4.65. The van der Waals surface area contributed by atoms with Gasteiger partial charge in [-0.05, 0) is 49.7 Å². The molecule has 200 valence electrons. The van der Waals surface area contributed by atoms with Crippen molar-refractivity contribution < 1.29 is 33.1 Å². The number of rotatable bonds is 5. The summed E-state index contributed by atoms with van der Waals surface area (Å²) in [6, 6.07) is 15.7. The molecule has 4 N–H and O–H groups in total. The number of benzene rings is 2. The van der Waals surface area contributed by atoms with E-state index in [9.17, 15) is 18.0 Å². The molecule has 38 heavy (non-hydrogen) atoms. The van der Waals surface area contributed by atoms with Crippen LogP contribution in [0.3, 0.4) is 0 Å². The number of carboxylic acids is 1. The molecule has 5 rings (SSSR count). The zero-order valence-electron chi connectivity index (χ0n) is 20.3. The molecule has 11 heteroatoms. The lowest BCUT2D eigenvalue weighted by Crippen LogP contribution is -2.39. The molecule has 0 spiro atoms. The number of likely N-dealkylation sites (tertiary alicyclic amines) is 1. The van der Waals surface area contributed by atoms with Crippen LogP contribution >= 0.6 is 0 Å². The number of H-pyrrole nitrogens is 1. The van der Waals surface area contributed by atoms with Crippen LogP contribution in [0.1, 0.15) is 40.5 Å². The van der Waals surface area contributed by atoms with Gasteiger partial charge in [0.05, 0.1) is 16.4 Å². The minimum Gasteiger partial charge on any atom is -0.475 e. The van der Waals surface area contributed by atoms with E-state index in [-0.39, 0.29) is 11.3 Å². The first-order chi connectivity index (χ1) is 18.1. The lowest BCUT2D eigenvalue weighted by molar-refractivity contribution is -0.192. The maximum absolute atomic E-state index is 11.8. The van der Waals surface area contributed by atoms with Crippen molar-refractivity contribution >= 4 is 22.9 Å². The average molecular weight is 529 g/mol. The number of imidazole rings is 1. The second-order valence-electron chi connectivity index (χ2n) is 9.24. The number of fused-ring (bicyclic) bond motifs is 1. The smallest absolute Gasteiger partial charge is 0.475 e. The highest BCUT2D eigenvalue weighted by Crippen LogP contribution is 2.36. The van der Waals surface area contributed by atoms with E-state index in [1.165, 1.54) is 18.4 Å². The number of carboxylic acid groups (broad SMARTS) is 1. The quantitative estimate of drug-likeness (QED) is 0.219. The highest BCUT2D eigenvalue weighted by molar-refractivity contribution is 5.96. The summed E-state index contributed by atoms with van der Waals surface area (Å²) in [6.45, 7) is 3.07. The molecule has 1 aromatic heterocycles. The van der Waals surface area contributed by atoms with E-state index >= 15 is 0 Å². The molecule has 0 saturated carbocycles. The van der Waals surface area contributed by atoms with E-state index in [4.69, 9.17) is 20.1 Å². The van der Waals surface area contributed by atoms with E-state index in [0.717, 1.165) is 36.5 Å². The van der Waals surface area contributed by atoms with Crippen LogP contribution in [0.25, 0.3) is 11.0 Å². The number of allylic oxidation sites excluding steroid dienone is 2. The largest absolute Gasteiger partial charge is 0.490 e. The van der Waals surface area contributed by atoms with Crippen molar-refractivity contribution in [2.24, 2.45) is 0 Å². The Morgan fingerprint density at radius 1 is 1.08 bits per heavy atom. The number of hydrogen-bond donors (Lipinski definition) is 4. The molecule has 0 radical (unpaired) electrons. The third-order valence-electron chi connectivity index (χ3n) is 6.60. The van der Waals surface area contributed by atoms with Gasteiger partial charge in [0, 0.05) is 18.0 Å². The summed E-state index contributed by atoms with van der Waals surface area (Å²) in [5.74, 6) is -2.17. The molecule has 2 heterocycles. The van der Waals surface area contributed by atoms with Gasteiger partial charge in [0.2, 0.25) is 0 Å². The van der Waals surface area contributed by atoms with Crippen LogP contribution in [0.15, 0.2) is 72.8 Å². The van der Waals surface area contributed by atoms with Crippen LogP contribution in [-0.4, -0.2) is 62.9 Å². The van der Waals surface area contributed by atoms with E-state index in [0.29, 0.717) is 5.56 Å². The number of hydroxylamine groups is 1. The van der Waals surface area contributed by atoms with E-state index < -0.39 is 18.1 Å². The molecule has 1 amide bonds. The van der Waals surface area contributed by atoms with Gasteiger partial charge in [-0.1, -0.05) is 54.6 Å². The van der Waals surface area contributed by atoms with Gasteiger partial charge in [0.15, 0.2) is 0 Å². The van der Waals surface area contributed by atoms with Gasteiger partial charge in [-0.15, -0.1) is 0 Å². The van der Waals surface area contributed by atoms with Crippen LogP contribution in [0.5, 0.6) is 0 Å². The number of aromatic amines is 1. The first kappa shape index (κ1) is 27.1. The number of aliphatic carboxylic acids is 1. The summed E-state index contributed by atoms with van der Waals surface area (Å²) < 4.78 is 31.7. The molecule has 1 aliphatic carbocycles. The van der Waals surface area contributed by atoms with Crippen molar-refractivity contribution in [1.82, 2.24) is 20.3 Å². The Hall–Kier alpha value is -3.96. The Bertz CT molecular complexity index is 1330. The molecule has 1 saturated heterocycles. The molecule has 0 bridgehead atoms. The van der Waals surface area contributed by atoms with Crippen molar-refractivity contribution in [3.8, 4) is 0 Å². The molecule has 1 fully saturated rings. The van der Waals surface area contributed by atoms with Crippen molar-refractivity contribution in [3.63, 3.8) is 0 Å². The zero-order valence-corrected chi connectivity index (χ0v) is 20.3. The molecular weight excluding hydrogens is 501 g/mol. The third kappa shape index (κ3) is 6.12. The number of alkyl halides is 3. The lowest BCUT2D eigenvalue weighted by atomic mass is 9.78. The number of amides is 1. The number of nitrogens with one attached hydrogen (secondary N) is 2. The number of aromatic nitrogens is 2. The van der Waals surface area contributed by atoms with Gasteiger partial charge < -0.3 is 15.0 Å². The standard InChI is InChI=1S/C25H26N4O2.C2HF3O2/c30-23(28-31)20-8-9-21-22(16-20)27-24(26-21)25(17-29-14-4-5-15-29)12-10-19(11-13-25)18-6-2-1-3-7-18;3-2(4,5)1(6)7/h1-3,6-13,16,19,31H,4-5,14-15,17H2,(H,26,27)(H,28,30);(H,6,7). The third-order valence-corrected chi connectivity index (χ3v) is 6.60. The van der Waals surface area contributed by atoms with Gasteiger partial charge in [0.25, 0.3) is 5.91 Å². The minimum absolute atomic E-state index is 0.247. The molecule has 2 aliphatic rings. The summed E-state index contributed by atoms with van der Waals surface area (Å²) >= 11 is 0. The highest BCUT2D eigenvalue weighted by Gasteiger charge is 2.38. The average Bonchev–Trinajstić information content (AvgIpc) is 3.58. The fourth-order valence-electron chi connectivity index (χ4n) is 4.65. The summed E-state index contributed by atoms with van der Waals surface area (Å²) in [4.78, 5) is 31.5. The summed E-state index contributed by atoms with van der Waals surface area (Å²) in [5.41, 5.74) is 4.58. The topological polar surface area (TPSA) is 119 Å². The van der Waals surface area contributed by atoms with Gasteiger partial charge in [-0.25, -0.2) is 15.3 Å². The Morgan fingerprint density at radius 2 is 1.71 bits per heavy atom. The van der Waals surface area contributed by atoms with Crippen molar-refractivity contribution in [3.05, 3.63) is 89.8 Å². The summed E-state index contributed by atoms with van der Waals surface area (Å²) in [6.07, 6.45) is 6.47. The number of carbonyl (C=O) groups excluding carboxylic acids is 1. The van der Waals surface area contributed by atoms with Gasteiger partial charge in [0.1, 0.15) is 5.82 Å². The van der Waals surface area contributed by atoms with Crippen molar-refractivity contribution in [1.29, 1.82) is 0 Å².